The zero-order valence-electron chi connectivity index (χ0n) is 36.3. The molecule has 0 rings (SSSR count). The molecule has 0 heterocycles. The molecule has 0 bridgehead atoms. The average molecular weight is 761 g/mol. The third kappa shape index (κ3) is 43.1. The largest absolute Gasteiger partial charge is 0.462 e. The van der Waals surface area contributed by atoms with Crippen molar-refractivity contribution in [2.45, 2.75) is 264 Å². The maximum absolute atomic E-state index is 12.2. The van der Waals surface area contributed by atoms with E-state index in [0.717, 1.165) is 38.5 Å². The Balaban J connectivity index is 3.51. The van der Waals surface area contributed by atoms with E-state index in [2.05, 4.69) is 38.2 Å². The number of rotatable bonds is 44. The van der Waals surface area contributed by atoms with Gasteiger partial charge in [0.1, 0.15) is 6.61 Å². The van der Waals surface area contributed by atoms with Gasteiger partial charge in [0.05, 0.1) is 6.61 Å². The molecule has 0 aliphatic carbocycles. The molecule has 0 fully saturated rings. The number of ether oxygens (including phenoxy) is 2. The van der Waals surface area contributed by atoms with E-state index in [-0.39, 0.29) is 25.2 Å². The summed E-state index contributed by atoms with van der Waals surface area (Å²) in [7, 11) is 0. The van der Waals surface area contributed by atoms with Crippen molar-refractivity contribution in [3.63, 3.8) is 0 Å². The van der Waals surface area contributed by atoms with E-state index in [1.165, 1.54) is 193 Å². The van der Waals surface area contributed by atoms with Crippen molar-refractivity contribution < 1.29 is 24.2 Å². The van der Waals surface area contributed by atoms with Crippen LogP contribution >= 0.6 is 0 Å². The first-order valence-electron chi connectivity index (χ1n) is 23.9. The highest BCUT2D eigenvalue weighted by molar-refractivity contribution is 5.70. The third-order valence-corrected chi connectivity index (χ3v) is 10.7. The quantitative estimate of drug-likeness (QED) is 0.0380. The minimum atomic E-state index is -0.785. The summed E-state index contributed by atoms with van der Waals surface area (Å²) < 4.78 is 10.6. The van der Waals surface area contributed by atoms with Crippen LogP contribution in [0.15, 0.2) is 24.3 Å². The Morgan fingerprint density at radius 2 is 0.704 bits per heavy atom. The van der Waals surface area contributed by atoms with Crippen molar-refractivity contribution in [2.75, 3.05) is 13.2 Å². The molecule has 0 saturated heterocycles. The van der Waals surface area contributed by atoms with E-state index in [9.17, 15) is 14.7 Å². The monoisotopic (exact) mass is 761 g/mol. The summed E-state index contributed by atoms with van der Waals surface area (Å²) >= 11 is 0. The van der Waals surface area contributed by atoms with Gasteiger partial charge in [0, 0.05) is 12.8 Å². The second-order valence-corrected chi connectivity index (χ2v) is 16.2. The number of carbonyl (C=O) groups excluding carboxylic acids is 2. The molecular weight excluding hydrogens is 669 g/mol. The first-order valence-corrected chi connectivity index (χ1v) is 23.9. The number of allylic oxidation sites excluding steroid dienone is 4. The lowest BCUT2D eigenvalue weighted by molar-refractivity contribution is -0.161. The normalized spacial score (nSPS) is 12.3. The molecule has 0 amide bonds. The van der Waals surface area contributed by atoms with Gasteiger partial charge in [-0.05, 0) is 57.8 Å². The Kier molecular flexibility index (Phi) is 44.4. The van der Waals surface area contributed by atoms with Crippen molar-refractivity contribution in [1.82, 2.24) is 0 Å². The molecule has 5 heteroatoms. The Hall–Kier alpha value is -1.62. The van der Waals surface area contributed by atoms with Gasteiger partial charge in [0.2, 0.25) is 0 Å². The number of esters is 2. The lowest BCUT2D eigenvalue weighted by atomic mass is 10.0. The Labute approximate surface area is 336 Å². The van der Waals surface area contributed by atoms with Crippen molar-refractivity contribution >= 4 is 11.9 Å². The highest BCUT2D eigenvalue weighted by Gasteiger charge is 2.16. The van der Waals surface area contributed by atoms with Crippen molar-refractivity contribution in [3.8, 4) is 0 Å². The first-order chi connectivity index (χ1) is 26.6. The maximum Gasteiger partial charge on any atom is 0.306 e. The summed E-state index contributed by atoms with van der Waals surface area (Å²) in [5, 5.41) is 9.59. The molecule has 0 unspecified atom stereocenters. The van der Waals surface area contributed by atoms with Crippen LogP contribution in [0.1, 0.15) is 258 Å². The van der Waals surface area contributed by atoms with Crippen LogP contribution in [-0.2, 0) is 19.1 Å². The van der Waals surface area contributed by atoms with Crippen LogP contribution < -0.4 is 0 Å². The molecular formula is C49H92O5. The van der Waals surface area contributed by atoms with Gasteiger partial charge < -0.3 is 14.6 Å². The van der Waals surface area contributed by atoms with Crippen LogP contribution in [0.2, 0.25) is 0 Å². The smallest absolute Gasteiger partial charge is 0.306 e. The molecule has 54 heavy (non-hydrogen) atoms. The van der Waals surface area contributed by atoms with Crippen molar-refractivity contribution in [3.05, 3.63) is 24.3 Å². The Morgan fingerprint density at radius 1 is 0.407 bits per heavy atom. The molecule has 0 aromatic heterocycles. The fourth-order valence-electron chi connectivity index (χ4n) is 7.08. The topological polar surface area (TPSA) is 72.8 Å². The first kappa shape index (κ1) is 52.4. The van der Waals surface area contributed by atoms with Crippen LogP contribution in [0.5, 0.6) is 0 Å². The van der Waals surface area contributed by atoms with Gasteiger partial charge in [-0.15, -0.1) is 0 Å². The van der Waals surface area contributed by atoms with Gasteiger partial charge in [0.25, 0.3) is 0 Å². The zero-order valence-corrected chi connectivity index (χ0v) is 36.3. The number of aliphatic hydroxyl groups is 1. The van der Waals surface area contributed by atoms with Crippen LogP contribution in [-0.4, -0.2) is 36.4 Å². The highest BCUT2D eigenvalue weighted by Crippen LogP contribution is 2.16. The molecule has 0 saturated carbocycles. The molecule has 0 aromatic rings. The summed E-state index contributed by atoms with van der Waals surface area (Å²) in [6, 6.07) is 0. The van der Waals surface area contributed by atoms with Gasteiger partial charge >= 0.3 is 11.9 Å². The van der Waals surface area contributed by atoms with Gasteiger partial charge in [-0.25, -0.2) is 0 Å². The molecule has 0 aromatic carbocycles. The number of hydrogen-bond donors (Lipinski definition) is 1. The van der Waals surface area contributed by atoms with E-state index in [4.69, 9.17) is 9.47 Å². The van der Waals surface area contributed by atoms with Gasteiger partial charge in [-0.1, -0.05) is 212 Å². The minimum absolute atomic E-state index is 0.0756. The second-order valence-electron chi connectivity index (χ2n) is 16.2. The van der Waals surface area contributed by atoms with E-state index in [1.54, 1.807) is 0 Å². The van der Waals surface area contributed by atoms with Crippen LogP contribution in [0.4, 0.5) is 0 Å². The summed E-state index contributed by atoms with van der Waals surface area (Å²) in [6.07, 6.45) is 55.6. The maximum atomic E-state index is 12.2. The van der Waals surface area contributed by atoms with Crippen molar-refractivity contribution in [1.29, 1.82) is 0 Å². The molecule has 1 N–H and O–H groups in total. The summed E-state index contributed by atoms with van der Waals surface area (Å²) in [5.41, 5.74) is 0. The highest BCUT2D eigenvalue weighted by atomic mass is 16.6. The molecule has 0 radical (unpaired) electrons. The average Bonchev–Trinajstić information content (AvgIpc) is 3.17. The number of carbonyl (C=O) groups is 2. The van der Waals surface area contributed by atoms with Crippen LogP contribution in [0, 0.1) is 0 Å². The molecule has 5 nitrogen and oxygen atoms in total. The second kappa shape index (κ2) is 45.8. The van der Waals surface area contributed by atoms with Crippen LogP contribution in [0.25, 0.3) is 0 Å². The predicted octanol–water partition coefficient (Wildman–Crippen LogP) is 15.4. The summed E-state index contributed by atoms with van der Waals surface area (Å²) in [5.74, 6) is -0.622. The Morgan fingerprint density at radius 3 is 1.06 bits per heavy atom. The molecule has 0 spiro atoms. The number of hydrogen-bond acceptors (Lipinski definition) is 5. The molecule has 0 aliphatic rings. The predicted molar refractivity (Wildman–Crippen MR) is 233 cm³/mol. The van der Waals surface area contributed by atoms with Gasteiger partial charge in [-0.3, -0.25) is 9.59 Å². The molecule has 0 aliphatic heterocycles. The van der Waals surface area contributed by atoms with E-state index in [1.807, 2.05) is 0 Å². The minimum Gasteiger partial charge on any atom is -0.462 e. The summed E-state index contributed by atoms with van der Waals surface area (Å²) in [4.78, 5) is 24.4. The zero-order chi connectivity index (χ0) is 39.3. The van der Waals surface area contributed by atoms with Gasteiger partial charge in [0.15, 0.2) is 6.10 Å². The fraction of sp³-hybridized carbons (Fsp3) is 0.878. The molecule has 1 atom stereocenters. The number of unbranched alkanes of at least 4 members (excludes halogenated alkanes) is 32. The van der Waals surface area contributed by atoms with Crippen LogP contribution in [0.3, 0.4) is 0 Å². The van der Waals surface area contributed by atoms with E-state index < -0.39 is 6.10 Å². The van der Waals surface area contributed by atoms with E-state index in [0.29, 0.717) is 12.8 Å². The summed E-state index contributed by atoms with van der Waals surface area (Å²) in [6.45, 7) is 4.14. The SMILES string of the molecule is CCCCCCCC/C=C/CCCCCCCCCC(=O)OC[C@H](CO)OC(=O)CCC/C=C/CCCCCCCCCCCCCCCCCCCC. The number of aliphatic hydroxyl groups excluding tert-OH is 1. The molecule has 318 valence electrons. The fourth-order valence-corrected chi connectivity index (χ4v) is 7.08. The van der Waals surface area contributed by atoms with Crippen molar-refractivity contribution in [2.24, 2.45) is 0 Å². The Bertz CT molecular complexity index is 821. The van der Waals surface area contributed by atoms with Gasteiger partial charge in [-0.2, -0.15) is 0 Å². The standard InChI is InChI=1S/C49H92O5/c1-3-5-7-9-11-13-15-17-19-21-22-23-24-25-26-28-30-32-34-36-38-40-42-44-49(52)54-47(45-50)46-53-48(51)43-41-39-37-35-33-31-29-27-20-18-16-14-12-10-8-6-4-2/h18,20,36,38,47,50H,3-17,19,21-35,37,39-46H2,1-2H3/b20-18+,38-36+/t47-/m0/s1. The van der Waals surface area contributed by atoms with E-state index >= 15 is 0 Å². The third-order valence-electron chi connectivity index (χ3n) is 10.7. The lowest BCUT2D eigenvalue weighted by Crippen LogP contribution is -2.28. The lowest BCUT2D eigenvalue weighted by Gasteiger charge is -2.15.